The van der Waals surface area contributed by atoms with Crippen LogP contribution in [0.15, 0.2) is 33.6 Å². The van der Waals surface area contributed by atoms with E-state index in [4.69, 9.17) is 5.73 Å². The number of hydrogen-bond donors (Lipinski definition) is 2. The Balaban J connectivity index is 2.06. The van der Waals surface area contributed by atoms with E-state index in [1.54, 1.807) is 0 Å². The lowest BCUT2D eigenvalue weighted by molar-refractivity contribution is -0.124. The van der Waals surface area contributed by atoms with Crippen LogP contribution in [0.4, 0.5) is 0 Å². The topological polar surface area (TPSA) is 55.1 Å². The van der Waals surface area contributed by atoms with Crippen LogP contribution in [0, 0.1) is 0 Å². The van der Waals surface area contributed by atoms with Gasteiger partial charge in [0.1, 0.15) is 0 Å². The van der Waals surface area contributed by atoms with Crippen molar-refractivity contribution in [3.8, 4) is 0 Å². The second kappa shape index (κ2) is 5.63. The molecule has 5 heteroatoms. The summed E-state index contributed by atoms with van der Waals surface area (Å²) in [5, 5.41) is 3.54. The van der Waals surface area contributed by atoms with Crippen LogP contribution in [-0.4, -0.2) is 23.7 Å². The van der Waals surface area contributed by atoms with Gasteiger partial charge in [-0.15, -0.1) is 11.8 Å². The Labute approximate surface area is 120 Å². The molecule has 18 heavy (non-hydrogen) atoms. The van der Waals surface area contributed by atoms with Gasteiger partial charge in [-0.1, -0.05) is 12.1 Å². The van der Waals surface area contributed by atoms with E-state index in [0.717, 1.165) is 23.7 Å². The first kappa shape index (κ1) is 13.9. The fraction of sp³-hybridized carbons (Fsp3) is 0.462. The molecule has 0 radical (unpaired) electrons. The van der Waals surface area contributed by atoms with E-state index in [1.807, 2.05) is 37.0 Å². The summed E-state index contributed by atoms with van der Waals surface area (Å²) in [7, 11) is 1.82. The zero-order valence-electron chi connectivity index (χ0n) is 10.3. The highest BCUT2D eigenvalue weighted by Gasteiger charge is 2.43. The first-order valence-electron chi connectivity index (χ1n) is 5.97. The van der Waals surface area contributed by atoms with Crippen LogP contribution in [-0.2, 0) is 4.79 Å². The molecule has 1 aromatic carbocycles. The molecule has 98 valence electrons. The van der Waals surface area contributed by atoms with Crippen LogP contribution in [0.25, 0.3) is 0 Å². The lowest BCUT2D eigenvalue weighted by atomic mass is 9.97. The van der Waals surface area contributed by atoms with Gasteiger partial charge in [-0.05, 0) is 54.4 Å². The largest absolute Gasteiger partial charge is 0.368 e. The van der Waals surface area contributed by atoms with Gasteiger partial charge in [0.25, 0.3) is 0 Å². The van der Waals surface area contributed by atoms with E-state index in [2.05, 4.69) is 27.3 Å². The van der Waals surface area contributed by atoms with Crippen LogP contribution in [0.5, 0.6) is 0 Å². The maximum Gasteiger partial charge on any atom is 0.237 e. The minimum atomic E-state index is -0.515. The molecule has 0 aliphatic heterocycles. The summed E-state index contributed by atoms with van der Waals surface area (Å²) in [4.78, 5) is 12.8. The van der Waals surface area contributed by atoms with Crippen LogP contribution in [0.2, 0.25) is 0 Å². The molecule has 1 fully saturated rings. The van der Waals surface area contributed by atoms with Crippen LogP contribution >= 0.6 is 27.7 Å². The number of benzene rings is 1. The van der Waals surface area contributed by atoms with Crippen molar-refractivity contribution in [2.45, 2.75) is 34.9 Å². The van der Waals surface area contributed by atoms with Gasteiger partial charge in [0.15, 0.2) is 0 Å². The quantitative estimate of drug-likeness (QED) is 0.893. The van der Waals surface area contributed by atoms with Gasteiger partial charge in [0.2, 0.25) is 5.91 Å². The number of halogens is 1. The van der Waals surface area contributed by atoms with Gasteiger partial charge in [0, 0.05) is 14.6 Å². The number of nitrogens with one attached hydrogen (secondary N) is 1. The highest BCUT2D eigenvalue weighted by atomic mass is 79.9. The minimum absolute atomic E-state index is 0.236. The molecule has 0 aromatic heterocycles. The number of hydrogen-bond acceptors (Lipinski definition) is 3. The summed E-state index contributed by atoms with van der Waals surface area (Å²) in [5.74, 6) is -0.236. The third-order valence-corrected chi connectivity index (χ3v) is 5.85. The average molecular weight is 329 g/mol. The Morgan fingerprint density at radius 1 is 1.56 bits per heavy atom. The van der Waals surface area contributed by atoms with Gasteiger partial charge in [-0.3, -0.25) is 4.79 Å². The first-order valence-corrected chi connectivity index (χ1v) is 7.65. The van der Waals surface area contributed by atoms with Crippen molar-refractivity contribution in [3.63, 3.8) is 0 Å². The second-order valence-corrected chi connectivity index (χ2v) is 6.81. The Morgan fingerprint density at radius 3 is 2.83 bits per heavy atom. The van der Waals surface area contributed by atoms with Gasteiger partial charge in [-0.25, -0.2) is 0 Å². The number of rotatable bonds is 4. The Hall–Kier alpha value is -0.520. The smallest absolute Gasteiger partial charge is 0.237 e. The van der Waals surface area contributed by atoms with E-state index < -0.39 is 5.54 Å². The highest BCUT2D eigenvalue weighted by molar-refractivity contribution is 9.10. The summed E-state index contributed by atoms with van der Waals surface area (Å²) in [6.45, 7) is 0. The van der Waals surface area contributed by atoms with Gasteiger partial charge in [-0.2, -0.15) is 0 Å². The van der Waals surface area contributed by atoms with Crippen molar-refractivity contribution in [2.24, 2.45) is 5.73 Å². The molecule has 1 aliphatic rings. The number of primary amides is 1. The molecule has 1 saturated carbocycles. The number of likely N-dealkylation sites (N-methyl/N-ethyl adjacent to an activating group) is 1. The number of amides is 1. The predicted octanol–water partition coefficient (Wildman–Crippen LogP) is 2.54. The monoisotopic (exact) mass is 328 g/mol. The Bertz CT molecular complexity index is 454. The average Bonchev–Trinajstić information content (AvgIpc) is 2.77. The maximum atomic E-state index is 11.6. The van der Waals surface area contributed by atoms with Crippen molar-refractivity contribution in [1.82, 2.24) is 5.32 Å². The summed E-state index contributed by atoms with van der Waals surface area (Å²) in [6, 6.07) is 8.17. The van der Waals surface area contributed by atoms with Crippen LogP contribution in [0.1, 0.15) is 19.3 Å². The maximum absolute atomic E-state index is 11.6. The van der Waals surface area contributed by atoms with E-state index in [-0.39, 0.29) is 5.91 Å². The van der Waals surface area contributed by atoms with Crippen molar-refractivity contribution < 1.29 is 4.79 Å². The summed E-state index contributed by atoms with van der Waals surface area (Å²) >= 11 is 5.37. The van der Waals surface area contributed by atoms with Gasteiger partial charge >= 0.3 is 0 Å². The fourth-order valence-electron chi connectivity index (χ4n) is 2.39. The third kappa shape index (κ3) is 2.73. The molecule has 0 saturated heterocycles. The lowest BCUT2D eigenvalue weighted by Crippen LogP contribution is -2.52. The predicted molar refractivity (Wildman–Crippen MR) is 78.6 cm³/mol. The Morgan fingerprint density at radius 2 is 2.28 bits per heavy atom. The zero-order chi connectivity index (χ0) is 13.2. The van der Waals surface area contributed by atoms with Crippen molar-refractivity contribution in [1.29, 1.82) is 0 Å². The van der Waals surface area contributed by atoms with Gasteiger partial charge in [0.05, 0.1) is 5.54 Å². The van der Waals surface area contributed by atoms with E-state index in [0.29, 0.717) is 5.25 Å². The van der Waals surface area contributed by atoms with Crippen molar-refractivity contribution >= 4 is 33.6 Å². The van der Waals surface area contributed by atoms with Crippen molar-refractivity contribution in [2.75, 3.05) is 7.05 Å². The molecule has 1 amide bonds. The zero-order valence-corrected chi connectivity index (χ0v) is 12.7. The molecule has 2 unspecified atom stereocenters. The highest BCUT2D eigenvalue weighted by Crippen LogP contribution is 2.41. The van der Waals surface area contributed by atoms with Crippen LogP contribution < -0.4 is 11.1 Å². The molecule has 3 N–H and O–H groups in total. The van der Waals surface area contributed by atoms with Crippen molar-refractivity contribution in [3.05, 3.63) is 28.7 Å². The molecule has 2 atom stereocenters. The molecule has 1 aliphatic carbocycles. The minimum Gasteiger partial charge on any atom is -0.368 e. The number of nitrogens with two attached hydrogens (primary N) is 1. The number of thioether (sulfide) groups is 1. The van der Waals surface area contributed by atoms with Crippen LogP contribution in [0.3, 0.4) is 0 Å². The molecule has 2 rings (SSSR count). The van der Waals surface area contributed by atoms with Gasteiger partial charge < -0.3 is 11.1 Å². The van der Waals surface area contributed by atoms with E-state index in [9.17, 15) is 4.79 Å². The first-order chi connectivity index (χ1) is 8.57. The lowest BCUT2D eigenvalue weighted by Gasteiger charge is -2.24. The molecule has 1 aromatic rings. The molecular weight excluding hydrogens is 312 g/mol. The molecular formula is C13H17BrN2OS. The molecule has 0 heterocycles. The Kier molecular flexibility index (Phi) is 4.35. The van der Waals surface area contributed by atoms with E-state index in [1.165, 1.54) is 4.90 Å². The summed E-state index contributed by atoms with van der Waals surface area (Å²) < 4.78 is 1.11. The molecule has 0 spiro atoms. The summed E-state index contributed by atoms with van der Waals surface area (Å²) in [5.41, 5.74) is 4.99. The number of carbonyl (C=O) groups excluding carboxylic acids is 1. The van der Waals surface area contributed by atoms with E-state index >= 15 is 0 Å². The standard InChI is InChI=1S/C13H17BrN2OS/c1-16-13(12(15)17)7-6-9(8-13)18-11-5-3-2-4-10(11)14/h2-5,9,16H,6-8H2,1H3,(H2,15,17). The fourth-order valence-corrected chi connectivity index (χ4v) is 4.26. The number of carbonyl (C=O) groups is 1. The third-order valence-electron chi connectivity index (χ3n) is 3.55. The summed E-state index contributed by atoms with van der Waals surface area (Å²) in [6.07, 6.45) is 2.63. The molecule has 3 nitrogen and oxygen atoms in total. The second-order valence-electron chi connectivity index (χ2n) is 4.61. The molecule has 0 bridgehead atoms. The normalized spacial score (nSPS) is 27.3. The SMILES string of the molecule is CNC1(C(N)=O)CCC(Sc2ccccc2Br)C1.